The van der Waals surface area contributed by atoms with Crippen LogP contribution >= 0.6 is 0 Å². The summed E-state index contributed by atoms with van der Waals surface area (Å²) in [5.41, 5.74) is 0.781. The standard InChI is InChI=1S/C16H16F3NO/c1-2-21-15-8-6-14(7-9-15)20-11-12-4-3-5-13(10-12)16(17,18)19/h3-10,20H,2,11H2,1H3. The maximum atomic E-state index is 12.6. The summed E-state index contributed by atoms with van der Waals surface area (Å²) in [6.45, 7) is 2.83. The Morgan fingerprint density at radius 3 is 2.38 bits per heavy atom. The molecule has 0 bridgehead atoms. The predicted molar refractivity (Wildman–Crippen MR) is 76.4 cm³/mol. The van der Waals surface area contributed by atoms with Crippen LogP contribution in [0.25, 0.3) is 0 Å². The number of nitrogens with one attached hydrogen (secondary N) is 1. The zero-order valence-electron chi connectivity index (χ0n) is 11.6. The van der Waals surface area contributed by atoms with Gasteiger partial charge >= 0.3 is 6.18 Å². The highest BCUT2D eigenvalue weighted by atomic mass is 19.4. The topological polar surface area (TPSA) is 21.3 Å². The van der Waals surface area contributed by atoms with Crippen LogP contribution in [0.1, 0.15) is 18.1 Å². The average Bonchev–Trinajstić information content (AvgIpc) is 2.46. The van der Waals surface area contributed by atoms with Crippen LogP contribution in [0.5, 0.6) is 5.75 Å². The molecule has 0 amide bonds. The van der Waals surface area contributed by atoms with Gasteiger partial charge in [0.2, 0.25) is 0 Å². The van der Waals surface area contributed by atoms with Crippen LogP contribution in [0, 0.1) is 0 Å². The highest BCUT2D eigenvalue weighted by Crippen LogP contribution is 2.29. The number of hydrogen-bond acceptors (Lipinski definition) is 2. The molecular weight excluding hydrogens is 279 g/mol. The first-order valence-electron chi connectivity index (χ1n) is 6.62. The van der Waals surface area contributed by atoms with Gasteiger partial charge < -0.3 is 10.1 Å². The molecule has 1 N–H and O–H groups in total. The van der Waals surface area contributed by atoms with E-state index >= 15 is 0 Å². The number of halogens is 3. The van der Waals surface area contributed by atoms with E-state index in [1.54, 1.807) is 6.07 Å². The molecule has 21 heavy (non-hydrogen) atoms. The monoisotopic (exact) mass is 295 g/mol. The van der Waals surface area contributed by atoms with E-state index in [0.29, 0.717) is 18.7 Å². The molecular formula is C16H16F3NO. The molecule has 2 aromatic carbocycles. The molecule has 0 atom stereocenters. The highest BCUT2D eigenvalue weighted by molar-refractivity contribution is 5.47. The number of benzene rings is 2. The van der Waals surface area contributed by atoms with Gasteiger partial charge in [-0.1, -0.05) is 12.1 Å². The summed E-state index contributed by atoms with van der Waals surface area (Å²) in [6, 6.07) is 12.6. The maximum absolute atomic E-state index is 12.6. The van der Waals surface area contributed by atoms with Gasteiger partial charge in [-0.25, -0.2) is 0 Å². The number of ether oxygens (including phenoxy) is 1. The van der Waals surface area contributed by atoms with E-state index in [1.807, 2.05) is 31.2 Å². The van der Waals surface area contributed by atoms with Crippen molar-refractivity contribution in [2.75, 3.05) is 11.9 Å². The van der Waals surface area contributed by atoms with Crippen molar-refractivity contribution < 1.29 is 17.9 Å². The van der Waals surface area contributed by atoms with Crippen LogP contribution in [0.3, 0.4) is 0 Å². The zero-order valence-corrected chi connectivity index (χ0v) is 11.6. The maximum Gasteiger partial charge on any atom is 0.416 e. The molecule has 0 saturated carbocycles. The van der Waals surface area contributed by atoms with Crippen LogP contribution in [0.2, 0.25) is 0 Å². The van der Waals surface area contributed by atoms with E-state index < -0.39 is 11.7 Å². The largest absolute Gasteiger partial charge is 0.494 e. The molecule has 2 rings (SSSR count). The third-order valence-corrected chi connectivity index (χ3v) is 2.92. The summed E-state index contributed by atoms with van der Waals surface area (Å²) in [4.78, 5) is 0. The quantitative estimate of drug-likeness (QED) is 0.862. The minimum Gasteiger partial charge on any atom is -0.494 e. The highest BCUT2D eigenvalue weighted by Gasteiger charge is 2.30. The third kappa shape index (κ3) is 4.41. The lowest BCUT2D eigenvalue weighted by atomic mass is 10.1. The average molecular weight is 295 g/mol. The fourth-order valence-corrected chi connectivity index (χ4v) is 1.90. The van der Waals surface area contributed by atoms with Gasteiger partial charge in [-0.2, -0.15) is 13.2 Å². The third-order valence-electron chi connectivity index (χ3n) is 2.92. The Labute approximate surface area is 121 Å². The smallest absolute Gasteiger partial charge is 0.416 e. The van der Waals surface area contributed by atoms with Crippen molar-refractivity contribution in [3.05, 3.63) is 59.7 Å². The van der Waals surface area contributed by atoms with Crippen molar-refractivity contribution >= 4 is 5.69 Å². The van der Waals surface area contributed by atoms with Crippen molar-refractivity contribution in [1.82, 2.24) is 0 Å². The first-order valence-corrected chi connectivity index (χ1v) is 6.62. The second-order valence-corrected chi connectivity index (χ2v) is 4.51. The van der Waals surface area contributed by atoms with Crippen molar-refractivity contribution in [3.8, 4) is 5.75 Å². The molecule has 2 nitrogen and oxygen atoms in total. The van der Waals surface area contributed by atoms with Crippen molar-refractivity contribution in [2.24, 2.45) is 0 Å². The summed E-state index contributed by atoms with van der Waals surface area (Å²) in [5.74, 6) is 0.766. The van der Waals surface area contributed by atoms with Crippen molar-refractivity contribution in [1.29, 1.82) is 0 Å². The van der Waals surface area contributed by atoms with E-state index in [-0.39, 0.29) is 0 Å². The molecule has 0 aliphatic carbocycles. The predicted octanol–water partition coefficient (Wildman–Crippen LogP) is 4.72. The van der Waals surface area contributed by atoms with E-state index in [4.69, 9.17) is 4.74 Å². The first kappa shape index (κ1) is 15.2. The van der Waals surface area contributed by atoms with Gasteiger partial charge in [0.1, 0.15) is 5.75 Å². The number of hydrogen-bond donors (Lipinski definition) is 1. The van der Waals surface area contributed by atoms with Gasteiger partial charge in [0, 0.05) is 12.2 Å². The molecule has 0 aromatic heterocycles. The fraction of sp³-hybridized carbons (Fsp3) is 0.250. The molecule has 0 saturated heterocycles. The summed E-state index contributed by atoms with van der Waals surface area (Å²) < 4.78 is 43.2. The van der Waals surface area contributed by atoms with Crippen LogP contribution in [0.4, 0.5) is 18.9 Å². The summed E-state index contributed by atoms with van der Waals surface area (Å²) in [7, 11) is 0. The molecule has 0 heterocycles. The van der Waals surface area contributed by atoms with Crippen LogP contribution in [0.15, 0.2) is 48.5 Å². The van der Waals surface area contributed by atoms with Gasteiger partial charge in [0.25, 0.3) is 0 Å². The van der Waals surface area contributed by atoms with Gasteiger partial charge in [0.15, 0.2) is 0 Å². The van der Waals surface area contributed by atoms with Crippen LogP contribution in [-0.4, -0.2) is 6.61 Å². The molecule has 5 heteroatoms. The van der Waals surface area contributed by atoms with E-state index in [9.17, 15) is 13.2 Å². The Morgan fingerprint density at radius 1 is 1.05 bits per heavy atom. The summed E-state index contributed by atoms with van der Waals surface area (Å²) >= 11 is 0. The van der Waals surface area contributed by atoms with Gasteiger partial charge in [-0.3, -0.25) is 0 Å². The van der Waals surface area contributed by atoms with Crippen molar-refractivity contribution in [3.63, 3.8) is 0 Å². The number of rotatable bonds is 5. The Kier molecular flexibility index (Phi) is 4.73. The zero-order chi connectivity index (χ0) is 15.3. The van der Waals surface area contributed by atoms with Crippen LogP contribution in [-0.2, 0) is 12.7 Å². The molecule has 0 fully saturated rings. The number of alkyl halides is 3. The Morgan fingerprint density at radius 2 is 1.76 bits per heavy atom. The van der Waals surface area contributed by atoms with E-state index in [0.717, 1.165) is 23.6 Å². The SMILES string of the molecule is CCOc1ccc(NCc2cccc(C(F)(F)F)c2)cc1. The molecule has 0 aliphatic rings. The molecule has 0 radical (unpaired) electrons. The van der Waals surface area contributed by atoms with Gasteiger partial charge in [-0.15, -0.1) is 0 Å². The second-order valence-electron chi connectivity index (χ2n) is 4.51. The number of anilines is 1. The molecule has 0 unspecified atom stereocenters. The fourth-order valence-electron chi connectivity index (χ4n) is 1.90. The Hall–Kier alpha value is -2.17. The first-order chi connectivity index (χ1) is 9.99. The van der Waals surface area contributed by atoms with E-state index in [1.165, 1.54) is 6.07 Å². The normalized spacial score (nSPS) is 11.2. The van der Waals surface area contributed by atoms with Gasteiger partial charge in [-0.05, 0) is 48.9 Å². The molecule has 0 spiro atoms. The lowest BCUT2D eigenvalue weighted by Crippen LogP contribution is -2.06. The second kappa shape index (κ2) is 6.52. The lowest BCUT2D eigenvalue weighted by Gasteiger charge is -2.11. The van der Waals surface area contributed by atoms with E-state index in [2.05, 4.69) is 5.32 Å². The minimum atomic E-state index is -4.31. The summed E-state index contributed by atoms with van der Waals surface area (Å²) in [5, 5.41) is 3.09. The molecule has 2 aromatic rings. The minimum absolute atomic E-state index is 0.331. The van der Waals surface area contributed by atoms with Crippen LogP contribution < -0.4 is 10.1 Å². The summed E-state index contributed by atoms with van der Waals surface area (Å²) in [6.07, 6.45) is -4.31. The van der Waals surface area contributed by atoms with Crippen molar-refractivity contribution in [2.45, 2.75) is 19.6 Å². The van der Waals surface area contributed by atoms with Gasteiger partial charge in [0.05, 0.1) is 12.2 Å². The lowest BCUT2D eigenvalue weighted by molar-refractivity contribution is -0.137. The Bertz CT molecular complexity index is 579. The molecule has 112 valence electrons. The Balaban J connectivity index is 1.99. The molecule has 0 aliphatic heterocycles.